The van der Waals surface area contributed by atoms with Crippen molar-refractivity contribution >= 4 is 33.0 Å². The molecule has 3 saturated heterocycles. The second-order valence-electron chi connectivity index (χ2n) is 7.84. The van der Waals surface area contributed by atoms with Gasteiger partial charge in [0.2, 0.25) is 0 Å². The zero-order valence-corrected chi connectivity index (χ0v) is 15.9. The Morgan fingerprint density at radius 2 is 2.15 bits per heavy atom. The van der Waals surface area contributed by atoms with Gasteiger partial charge in [0, 0.05) is 61.3 Å². The fourth-order valence-corrected chi connectivity index (χ4v) is 5.48. The lowest BCUT2D eigenvalue weighted by atomic mass is 9.95. The van der Waals surface area contributed by atoms with E-state index in [2.05, 4.69) is 37.8 Å². The number of fused-ring (bicyclic) bond motifs is 3. The summed E-state index contributed by atoms with van der Waals surface area (Å²) in [6.07, 6.45) is 5.31. The summed E-state index contributed by atoms with van der Waals surface area (Å²) in [5, 5.41) is 10.1. The summed E-state index contributed by atoms with van der Waals surface area (Å²) in [5.41, 5.74) is 1.78. The van der Waals surface area contributed by atoms with Crippen molar-refractivity contribution in [3.63, 3.8) is 0 Å². The van der Waals surface area contributed by atoms with E-state index in [1.54, 1.807) is 11.3 Å². The molecule has 3 atom stereocenters. The van der Waals surface area contributed by atoms with Crippen LogP contribution in [0.25, 0.3) is 10.1 Å². The van der Waals surface area contributed by atoms with E-state index in [-0.39, 0.29) is 11.9 Å². The van der Waals surface area contributed by atoms with Gasteiger partial charge in [0.1, 0.15) is 5.69 Å². The lowest BCUT2D eigenvalue weighted by Crippen LogP contribution is -2.44. The number of aromatic nitrogens is 1. The molecule has 2 aromatic rings. The van der Waals surface area contributed by atoms with Crippen LogP contribution in [0.15, 0.2) is 17.6 Å². The number of hydrogen-bond acceptors (Lipinski definition) is 6. The van der Waals surface area contributed by atoms with Crippen molar-refractivity contribution in [1.82, 2.24) is 20.5 Å². The van der Waals surface area contributed by atoms with E-state index in [4.69, 9.17) is 0 Å². The zero-order chi connectivity index (χ0) is 17.7. The Morgan fingerprint density at radius 1 is 1.31 bits per heavy atom. The number of nitrogens with one attached hydrogen (secondary N) is 2. The summed E-state index contributed by atoms with van der Waals surface area (Å²) in [6.45, 7) is 4.21. The number of rotatable bonds is 3. The number of piperazine rings is 1. The Hall–Kier alpha value is -1.70. The Balaban J connectivity index is 1.37. The van der Waals surface area contributed by atoms with Crippen LogP contribution >= 0.6 is 11.3 Å². The molecule has 7 heteroatoms. The molecule has 0 radical (unpaired) electrons. The predicted molar refractivity (Wildman–Crippen MR) is 105 cm³/mol. The van der Waals surface area contributed by atoms with Gasteiger partial charge >= 0.3 is 0 Å². The first-order valence-electron chi connectivity index (χ1n) is 9.55. The molecule has 3 fully saturated rings. The summed E-state index contributed by atoms with van der Waals surface area (Å²) < 4.78 is 1.15. The number of thiophene rings is 1. The third-order valence-corrected chi connectivity index (χ3v) is 7.05. The van der Waals surface area contributed by atoms with Crippen molar-refractivity contribution in [3.8, 4) is 0 Å². The summed E-state index contributed by atoms with van der Waals surface area (Å²) >= 11 is 1.71. The molecule has 0 aliphatic carbocycles. The monoisotopic (exact) mass is 371 g/mol. The van der Waals surface area contributed by atoms with E-state index >= 15 is 0 Å². The molecular weight excluding hydrogens is 346 g/mol. The van der Waals surface area contributed by atoms with E-state index in [0.29, 0.717) is 17.8 Å². The van der Waals surface area contributed by atoms with Gasteiger partial charge in [0.05, 0.1) is 10.4 Å². The fraction of sp³-hybridized carbons (Fsp3) is 0.579. The molecular formula is C19H25N5OS. The highest BCUT2D eigenvalue weighted by Crippen LogP contribution is 2.34. The van der Waals surface area contributed by atoms with Crippen molar-refractivity contribution in [2.24, 2.45) is 0 Å². The van der Waals surface area contributed by atoms with Crippen molar-refractivity contribution in [2.45, 2.75) is 37.4 Å². The first-order chi connectivity index (χ1) is 12.7. The maximum absolute atomic E-state index is 12.8. The van der Waals surface area contributed by atoms with Crippen molar-refractivity contribution in [1.29, 1.82) is 0 Å². The highest BCUT2D eigenvalue weighted by atomic mass is 32.1. The minimum absolute atomic E-state index is 0.0400. The van der Waals surface area contributed by atoms with Crippen LogP contribution in [0.2, 0.25) is 0 Å². The van der Waals surface area contributed by atoms with Crippen molar-refractivity contribution < 1.29 is 4.79 Å². The van der Waals surface area contributed by atoms with Crippen LogP contribution in [0.3, 0.4) is 0 Å². The maximum Gasteiger partial charge on any atom is 0.270 e. The molecule has 0 aromatic carbocycles. The number of likely N-dealkylation sites (N-methyl/N-ethyl adjacent to an activating group) is 1. The van der Waals surface area contributed by atoms with Crippen LogP contribution < -0.4 is 15.5 Å². The Bertz CT molecular complexity index is 828. The average molecular weight is 372 g/mol. The van der Waals surface area contributed by atoms with Gasteiger partial charge in [-0.2, -0.15) is 0 Å². The Labute approximate surface area is 157 Å². The molecule has 5 heterocycles. The number of hydrogen-bond donors (Lipinski definition) is 2. The van der Waals surface area contributed by atoms with Crippen LogP contribution in [-0.2, 0) is 0 Å². The third kappa shape index (κ3) is 2.88. The smallest absolute Gasteiger partial charge is 0.270 e. The normalized spacial score (nSPS) is 28.8. The highest BCUT2D eigenvalue weighted by molar-refractivity contribution is 7.17. The summed E-state index contributed by atoms with van der Waals surface area (Å²) in [5.74, 6) is -0.0400. The Kier molecular flexibility index (Phi) is 4.10. The summed E-state index contributed by atoms with van der Waals surface area (Å²) in [4.78, 5) is 22.0. The van der Waals surface area contributed by atoms with Gasteiger partial charge in [-0.05, 0) is 32.4 Å². The van der Waals surface area contributed by atoms with Crippen molar-refractivity contribution in [3.05, 3.63) is 23.3 Å². The standard InChI is InChI=1S/C19H25N5OS/c1-23-4-6-24(7-5-23)17-11-26-18-10-20-16(9-13(17)18)19(25)22-15-8-12-2-3-14(15)21-12/h9-12,14-15,21H,2-8H2,1H3,(H,22,25)/t12-,14+,15-/m1/s1. The van der Waals surface area contributed by atoms with E-state index in [1.807, 2.05) is 12.3 Å². The van der Waals surface area contributed by atoms with Gasteiger partial charge in [0.15, 0.2) is 0 Å². The molecule has 0 saturated carbocycles. The molecule has 0 unspecified atom stereocenters. The summed E-state index contributed by atoms with van der Waals surface area (Å²) in [7, 11) is 2.17. The molecule has 138 valence electrons. The Morgan fingerprint density at radius 3 is 2.88 bits per heavy atom. The van der Waals surface area contributed by atoms with Crippen LogP contribution in [0, 0.1) is 0 Å². The predicted octanol–water partition coefficient (Wildman–Crippen LogP) is 1.67. The number of anilines is 1. The molecule has 26 heavy (non-hydrogen) atoms. The molecule has 1 amide bonds. The maximum atomic E-state index is 12.8. The minimum atomic E-state index is -0.0400. The number of carbonyl (C=O) groups excluding carboxylic acids is 1. The molecule has 3 aliphatic rings. The van der Waals surface area contributed by atoms with Gasteiger partial charge in [-0.25, -0.2) is 4.98 Å². The molecule has 3 aliphatic heterocycles. The SMILES string of the molecule is CN1CCN(c2csc3cnc(C(=O)N[C@@H]4C[C@H]5CC[C@@H]4N5)cc23)CC1. The lowest BCUT2D eigenvalue weighted by molar-refractivity contribution is 0.0926. The summed E-state index contributed by atoms with van der Waals surface area (Å²) in [6, 6.07) is 3.25. The third-order valence-electron chi connectivity index (χ3n) is 6.13. The number of carbonyl (C=O) groups is 1. The first-order valence-corrected chi connectivity index (χ1v) is 10.4. The van der Waals surface area contributed by atoms with Gasteiger partial charge in [0.25, 0.3) is 5.91 Å². The van der Waals surface area contributed by atoms with Gasteiger partial charge < -0.3 is 20.4 Å². The molecule has 2 N–H and O–H groups in total. The lowest BCUT2D eigenvalue weighted by Gasteiger charge is -2.33. The molecule has 5 rings (SSSR count). The molecule has 2 aromatic heterocycles. The van der Waals surface area contributed by atoms with Gasteiger partial charge in [-0.3, -0.25) is 4.79 Å². The van der Waals surface area contributed by atoms with Gasteiger partial charge in [-0.15, -0.1) is 11.3 Å². The van der Waals surface area contributed by atoms with E-state index in [9.17, 15) is 4.79 Å². The van der Waals surface area contributed by atoms with Gasteiger partial charge in [-0.1, -0.05) is 0 Å². The van der Waals surface area contributed by atoms with Crippen LogP contribution in [0.5, 0.6) is 0 Å². The number of amides is 1. The molecule has 0 spiro atoms. The van der Waals surface area contributed by atoms with Crippen LogP contribution in [0.4, 0.5) is 5.69 Å². The van der Waals surface area contributed by atoms with E-state index < -0.39 is 0 Å². The topological polar surface area (TPSA) is 60.5 Å². The largest absolute Gasteiger partial charge is 0.368 e. The number of nitrogens with zero attached hydrogens (tertiary/aromatic N) is 3. The fourth-order valence-electron chi connectivity index (χ4n) is 4.56. The van der Waals surface area contributed by atoms with E-state index in [0.717, 1.165) is 42.7 Å². The first kappa shape index (κ1) is 16.5. The van der Waals surface area contributed by atoms with Crippen LogP contribution in [-0.4, -0.2) is 67.1 Å². The average Bonchev–Trinajstić information content (AvgIpc) is 3.37. The van der Waals surface area contributed by atoms with E-state index in [1.165, 1.54) is 18.5 Å². The number of pyridine rings is 1. The minimum Gasteiger partial charge on any atom is -0.368 e. The molecule has 2 bridgehead atoms. The molecule has 6 nitrogen and oxygen atoms in total. The van der Waals surface area contributed by atoms with Crippen LogP contribution in [0.1, 0.15) is 29.8 Å². The second kappa shape index (κ2) is 6.48. The van der Waals surface area contributed by atoms with Crippen molar-refractivity contribution in [2.75, 3.05) is 38.1 Å². The highest BCUT2D eigenvalue weighted by Gasteiger charge is 2.39. The second-order valence-corrected chi connectivity index (χ2v) is 8.75. The zero-order valence-electron chi connectivity index (χ0n) is 15.1. The quantitative estimate of drug-likeness (QED) is 0.860.